The van der Waals surface area contributed by atoms with E-state index in [0.717, 1.165) is 0 Å². The second-order valence-corrected chi connectivity index (χ2v) is 3.97. The molecule has 19 heavy (non-hydrogen) atoms. The Balaban J connectivity index is 2.65. The number of ether oxygens (including phenoxy) is 1. The Morgan fingerprint density at radius 3 is 2.21 bits per heavy atom. The quantitative estimate of drug-likeness (QED) is 0.926. The van der Waals surface area contributed by atoms with Crippen molar-refractivity contribution < 1.29 is 17.9 Å². The molecule has 0 bridgehead atoms. The van der Waals surface area contributed by atoms with Gasteiger partial charge in [-0.1, -0.05) is 6.07 Å². The number of methoxy groups -OCH3 is 1. The van der Waals surface area contributed by atoms with Crippen molar-refractivity contribution in [2.24, 2.45) is 5.73 Å². The predicted octanol–water partition coefficient (Wildman–Crippen LogP) is 3.24. The Hall–Kier alpha value is -2.01. The topological polar surface area (TPSA) is 35.2 Å². The van der Waals surface area contributed by atoms with E-state index in [1.54, 1.807) is 12.1 Å². The molecule has 0 amide bonds. The van der Waals surface area contributed by atoms with Gasteiger partial charge >= 0.3 is 0 Å². The SMILES string of the molecule is COc1ccc(-c2c(F)cc(F)cc2F)c(CN)c1. The Morgan fingerprint density at radius 1 is 1.05 bits per heavy atom. The molecule has 0 aliphatic heterocycles. The summed E-state index contributed by atoms with van der Waals surface area (Å²) >= 11 is 0. The van der Waals surface area contributed by atoms with E-state index >= 15 is 0 Å². The Labute approximate surface area is 108 Å². The lowest BCUT2D eigenvalue weighted by molar-refractivity contribution is 0.414. The first-order valence-electron chi connectivity index (χ1n) is 5.58. The van der Waals surface area contributed by atoms with Crippen LogP contribution in [0.5, 0.6) is 5.75 Å². The lowest BCUT2D eigenvalue weighted by atomic mass is 9.98. The molecule has 100 valence electrons. The van der Waals surface area contributed by atoms with Crippen LogP contribution in [0.4, 0.5) is 13.2 Å². The molecule has 2 aromatic rings. The standard InChI is InChI=1S/C14H12F3NO/c1-19-10-2-3-11(8(4-10)7-18)14-12(16)5-9(15)6-13(14)17/h2-6H,7,18H2,1H3. The minimum atomic E-state index is -0.961. The number of hydrogen-bond acceptors (Lipinski definition) is 2. The van der Waals surface area contributed by atoms with E-state index in [0.29, 0.717) is 29.0 Å². The van der Waals surface area contributed by atoms with Crippen molar-refractivity contribution in [3.8, 4) is 16.9 Å². The molecule has 0 aromatic heterocycles. The third-order valence-electron chi connectivity index (χ3n) is 2.81. The van der Waals surface area contributed by atoms with Gasteiger partial charge < -0.3 is 10.5 Å². The van der Waals surface area contributed by atoms with Crippen molar-refractivity contribution in [1.82, 2.24) is 0 Å². The number of nitrogens with two attached hydrogens (primary N) is 1. The molecule has 0 fully saturated rings. The largest absolute Gasteiger partial charge is 0.497 e. The Morgan fingerprint density at radius 2 is 1.68 bits per heavy atom. The number of hydrogen-bond donors (Lipinski definition) is 1. The van der Waals surface area contributed by atoms with Crippen molar-refractivity contribution >= 4 is 0 Å². The van der Waals surface area contributed by atoms with Gasteiger partial charge in [0.05, 0.1) is 12.7 Å². The minimum absolute atomic E-state index is 0.0861. The number of rotatable bonds is 3. The van der Waals surface area contributed by atoms with Crippen molar-refractivity contribution in [2.45, 2.75) is 6.54 Å². The first kappa shape index (κ1) is 13.4. The van der Waals surface area contributed by atoms with Crippen LogP contribution in [0.3, 0.4) is 0 Å². The number of benzene rings is 2. The zero-order valence-electron chi connectivity index (χ0n) is 10.2. The van der Waals surface area contributed by atoms with Gasteiger partial charge in [0.15, 0.2) is 0 Å². The zero-order valence-corrected chi connectivity index (χ0v) is 10.2. The molecule has 2 N–H and O–H groups in total. The molecule has 0 radical (unpaired) electrons. The van der Waals surface area contributed by atoms with Crippen molar-refractivity contribution in [2.75, 3.05) is 7.11 Å². The fraction of sp³-hybridized carbons (Fsp3) is 0.143. The van der Waals surface area contributed by atoms with Gasteiger partial charge in [0.1, 0.15) is 23.2 Å². The average molecular weight is 267 g/mol. The molecule has 0 aliphatic rings. The van der Waals surface area contributed by atoms with E-state index in [1.165, 1.54) is 13.2 Å². The van der Waals surface area contributed by atoms with Crippen LogP contribution in [0.15, 0.2) is 30.3 Å². The summed E-state index contributed by atoms with van der Waals surface area (Å²) in [6.45, 7) is 0.0861. The van der Waals surface area contributed by atoms with Crippen LogP contribution in [-0.4, -0.2) is 7.11 Å². The van der Waals surface area contributed by atoms with E-state index in [4.69, 9.17) is 10.5 Å². The maximum absolute atomic E-state index is 13.7. The first-order valence-corrected chi connectivity index (χ1v) is 5.58. The van der Waals surface area contributed by atoms with Gasteiger partial charge in [-0.25, -0.2) is 13.2 Å². The summed E-state index contributed by atoms with van der Waals surface area (Å²) in [5.41, 5.74) is 6.09. The summed E-state index contributed by atoms with van der Waals surface area (Å²) < 4.78 is 45.4. The van der Waals surface area contributed by atoms with Crippen LogP contribution < -0.4 is 10.5 Å². The van der Waals surface area contributed by atoms with Crippen LogP contribution >= 0.6 is 0 Å². The van der Waals surface area contributed by atoms with Crippen molar-refractivity contribution in [3.63, 3.8) is 0 Å². The fourth-order valence-corrected chi connectivity index (χ4v) is 1.91. The highest BCUT2D eigenvalue weighted by atomic mass is 19.1. The van der Waals surface area contributed by atoms with E-state index in [9.17, 15) is 13.2 Å². The summed E-state index contributed by atoms with van der Waals surface area (Å²) in [5.74, 6) is -2.34. The molecule has 0 unspecified atom stereocenters. The minimum Gasteiger partial charge on any atom is -0.497 e. The molecule has 0 saturated heterocycles. The van der Waals surface area contributed by atoms with E-state index in [1.807, 2.05) is 0 Å². The molecular formula is C14H12F3NO. The fourth-order valence-electron chi connectivity index (χ4n) is 1.91. The number of halogens is 3. The second kappa shape index (κ2) is 5.32. The molecular weight excluding hydrogens is 255 g/mol. The summed E-state index contributed by atoms with van der Waals surface area (Å²) in [4.78, 5) is 0. The van der Waals surface area contributed by atoms with Gasteiger partial charge in [-0.15, -0.1) is 0 Å². The lowest BCUT2D eigenvalue weighted by Crippen LogP contribution is -2.02. The van der Waals surface area contributed by atoms with E-state index in [-0.39, 0.29) is 12.1 Å². The maximum atomic E-state index is 13.7. The third-order valence-corrected chi connectivity index (χ3v) is 2.81. The van der Waals surface area contributed by atoms with Gasteiger partial charge in [0, 0.05) is 18.7 Å². The van der Waals surface area contributed by atoms with Crippen LogP contribution in [0.1, 0.15) is 5.56 Å². The first-order chi connectivity index (χ1) is 9.06. The summed E-state index contributed by atoms with van der Waals surface area (Å²) in [6.07, 6.45) is 0. The highest BCUT2D eigenvalue weighted by Crippen LogP contribution is 2.31. The van der Waals surface area contributed by atoms with Gasteiger partial charge in [-0.2, -0.15) is 0 Å². The van der Waals surface area contributed by atoms with Crippen LogP contribution in [0.2, 0.25) is 0 Å². The van der Waals surface area contributed by atoms with Crippen molar-refractivity contribution in [3.05, 3.63) is 53.3 Å². The van der Waals surface area contributed by atoms with E-state index in [2.05, 4.69) is 0 Å². The Bertz CT molecular complexity index is 591. The molecule has 2 aromatic carbocycles. The van der Waals surface area contributed by atoms with Gasteiger partial charge in [0.2, 0.25) is 0 Å². The second-order valence-electron chi connectivity index (χ2n) is 3.97. The van der Waals surface area contributed by atoms with Gasteiger partial charge in [-0.3, -0.25) is 0 Å². The summed E-state index contributed by atoms with van der Waals surface area (Å²) in [7, 11) is 1.48. The molecule has 0 spiro atoms. The lowest BCUT2D eigenvalue weighted by Gasteiger charge is -2.12. The van der Waals surface area contributed by atoms with Crippen LogP contribution in [-0.2, 0) is 6.54 Å². The molecule has 0 heterocycles. The third kappa shape index (κ3) is 2.56. The smallest absolute Gasteiger partial charge is 0.136 e. The van der Waals surface area contributed by atoms with Gasteiger partial charge in [0.25, 0.3) is 0 Å². The van der Waals surface area contributed by atoms with E-state index < -0.39 is 17.5 Å². The molecule has 5 heteroatoms. The summed E-state index contributed by atoms with van der Waals surface area (Å²) in [6, 6.07) is 5.95. The molecule has 0 atom stereocenters. The highest BCUT2D eigenvalue weighted by molar-refractivity contribution is 5.69. The van der Waals surface area contributed by atoms with Crippen LogP contribution in [0.25, 0.3) is 11.1 Å². The van der Waals surface area contributed by atoms with Gasteiger partial charge in [-0.05, 0) is 23.3 Å². The normalized spacial score (nSPS) is 10.6. The summed E-state index contributed by atoms with van der Waals surface area (Å²) in [5, 5.41) is 0. The molecule has 2 rings (SSSR count). The van der Waals surface area contributed by atoms with Crippen LogP contribution in [0, 0.1) is 17.5 Å². The molecule has 0 aliphatic carbocycles. The maximum Gasteiger partial charge on any atom is 0.136 e. The highest BCUT2D eigenvalue weighted by Gasteiger charge is 2.16. The molecule has 2 nitrogen and oxygen atoms in total. The molecule has 0 saturated carbocycles. The van der Waals surface area contributed by atoms with Crippen molar-refractivity contribution in [1.29, 1.82) is 0 Å². The zero-order chi connectivity index (χ0) is 14.0. The predicted molar refractivity (Wildman–Crippen MR) is 66.2 cm³/mol. The monoisotopic (exact) mass is 267 g/mol. The Kier molecular flexibility index (Phi) is 3.76. The average Bonchev–Trinajstić information content (AvgIpc) is 2.37.